The van der Waals surface area contributed by atoms with Crippen molar-refractivity contribution in [2.45, 2.75) is 19.5 Å². The first-order valence-electron chi connectivity index (χ1n) is 7.86. The molecular formula is C19H24N2O3. The van der Waals surface area contributed by atoms with Gasteiger partial charge in [0.25, 0.3) is 0 Å². The van der Waals surface area contributed by atoms with Crippen molar-refractivity contribution in [3.05, 3.63) is 59.7 Å². The topological polar surface area (TPSA) is 73.6 Å². The van der Waals surface area contributed by atoms with E-state index in [9.17, 15) is 4.79 Å². The van der Waals surface area contributed by atoms with Gasteiger partial charge in [-0.05, 0) is 23.8 Å². The molecule has 2 unspecified atom stereocenters. The molecule has 0 aromatic heterocycles. The van der Waals surface area contributed by atoms with E-state index in [2.05, 4.69) is 5.32 Å². The molecule has 0 aliphatic heterocycles. The lowest BCUT2D eigenvalue weighted by Crippen LogP contribution is -2.35. The van der Waals surface area contributed by atoms with Gasteiger partial charge in [0.15, 0.2) is 0 Å². The first-order chi connectivity index (χ1) is 11.6. The van der Waals surface area contributed by atoms with E-state index in [1.54, 1.807) is 14.2 Å². The molecule has 2 rings (SSSR count). The first-order valence-corrected chi connectivity index (χ1v) is 7.86. The molecule has 0 aliphatic rings. The van der Waals surface area contributed by atoms with E-state index in [-0.39, 0.29) is 17.9 Å². The fourth-order valence-corrected chi connectivity index (χ4v) is 2.49. The highest BCUT2D eigenvalue weighted by molar-refractivity contribution is 5.79. The number of nitrogens with two attached hydrogens (primary N) is 1. The van der Waals surface area contributed by atoms with E-state index >= 15 is 0 Å². The Labute approximate surface area is 142 Å². The highest BCUT2D eigenvalue weighted by Crippen LogP contribution is 2.24. The Morgan fingerprint density at radius 2 is 1.83 bits per heavy atom. The van der Waals surface area contributed by atoms with Gasteiger partial charge in [-0.1, -0.05) is 37.3 Å². The number of methoxy groups -OCH3 is 2. The number of benzene rings is 2. The van der Waals surface area contributed by atoms with Gasteiger partial charge >= 0.3 is 0 Å². The minimum Gasteiger partial charge on any atom is -0.497 e. The van der Waals surface area contributed by atoms with Crippen LogP contribution in [0.5, 0.6) is 11.5 Å². The van der Waals surface area contributed by atoms with Gasteiger partial charge in [0.1, 0.15) is 11.5 Å². The molecule has 1 amide bonds. The average molecular weight is 328 g/mol. The van der Waals surface area contributed by atoms with Crippen LogP contribution < -0.4 is 20.5 Å². The number of ether oxygens (including phenoxy) is 2. The van der Waals surface area contributed by atoms with Crippen molar-refractivity contribution in [1.29, 1.82) is 0 Å². The first kappa shape index (κ1) is 17.8. The molecule has 2 aromatic rings. The van der Waals surface area contributed by atoms with E-state index in [1.165, 1.54) is 0 Å². The summed E-state index contributed by atoms with van der Waals surface area (Å²) in [6, 6.07) is 14.8. The number of hydrogen-bond acceptors (Lipinski definition) is 4. The van der Waals surface area contributed by atoms with E-state index in [0.29, 0.717) is 18.0 Å². The van der Waals surface area contributed by atoms with Crippen molar-refractivity contribution < 1.29 is 14.3 Å². The lowest BCUT2D eigenvalue weighted by molar-refractivity contribution is -0.125. The number of carbonyl (C=O) groups is 1. The quantitative estimate of drug-likeness (QED) is 0.819. The third kappa shape index (κ3) is 4.26. The second-order valence-corrected chi connectivity index (χ2v) is 5.62. The van der Waals surface area contributed by atoms with E-state index in [1.807, 2.05) is 55.5 Å². The second-order valence-electron chi connectivity index (χ2n) is 5.62. The predicted molar refractivity (Wildman–Crippen MR) is 93.9 cm³/mol. The molecule has 24 heavy (non-hydrogen) atoms. The van der Waals surface area contributed by atoms with Gasteiger partial charge in [-0.2, -0.15) is 0 Å². The van der Waals surface area contributed by atoms with Crippen molar-refractivity contribution in [3.8, 4) is 11.5 Å². The van der Waals surface area contributed by atoms with Crippen LogP contribution >= 0.6 is 0 Å². The van der Waals surface area contributed by atoms with Crippen LogP contribution in [0.1, 0.15) is 24.1 Å². The summed E-state index contributed by atoms with van der Waals surface area (Å²) in [5.74, 6) is 0.977. The fourth-order valence-electron chi connectivity index (χ4n) is 2.49. The molecule has 128 valence electrons. The monoisotopic (exact) mass is 328 g/mol. The molecule has 0 saturated carbocycles. The van der Waals surface area contributed by atoms with Crippen molar-refractivity contribution in [3.63, 3.8) is 0 Å². The third-order valence-corrected chi connectivity index (χ3v) is 4.08. The lowest BCUT2D eigenvalue weighted by atomic mass is 9.94. The zero-order chi connectivity index (χ0) is 17.5. The summed E-state index contributed by atoms with van der Waals surface area (Å²) < 4.78 is 10.5. The Bertz CT molecular complexity index is 674. The smallest absolute Gasteiger partial charge is 0.225 e. The largest absolute Gasteiger partial charge is 0.497 e. The summed E-state index contributed by atoms with van der Waals surface area (Å²) in [7, 11) is 3.20. The molecule has 0 aliphatic carbocycles. The van der Waals surface area contributed by atoms with Crippen LogP contribution in [0.15, 0.2) is 48.5 Å². The van der Waals surface area contributed by atoms with E-state index in [4.69, 9.17) is 15.2 Å². The number of nitrogens with one attached hydrogen (secondary N) is 1. The Morgan fingerprint density at radius 3 is 2.46 bits per heavy atom. The number of amides is 1. The zero-order valence-corrected chi connectivity index (χ0v) is 14.3. The lowest BCUT2D eigenvalue weighted by Gasteiger charge is -2.20. The highest BCUT2D eigenvalue weighted by Gasteiger charge is 2.22. The number of carbonyl (C=O) groups excluding carboxylic acids is 1. The molecule has 2 aromatic carbocycles. The molecule has 0 heterocycles. The van der Waals surface area contributed by atoms with Crippen molar-refractivity contribution in [2.24, 2.45) is 11.7 Å². The summed E-state index contributed by atoms with van der Waals surface area (Å²) in [4.78, 5) is 12.4. The van der Waals surface area contributed by atoms with Gasteiger partial charge in [-0.15, -0.1) is 0 Å². The molecule has 0 fully saturated rings. The second kappa shape index (κ2) is 8.36. The number of rotatable bonds is 7. The maximum Gasteiger partial charge on any atom is 0.225 e. The molecule has 0 radical (unpaired) electrons. The normalized spacial score (nSPS) is 13.0. The molecule has 2 atom stereocenters. The van der Waals surface area contributed by atoms with Crippen molar-refractivity contribution >= 4 is 5.91 Å². The fraction of sp³-hybridized carbons (Fsp3) is 0.316. The molecule has 0 spiro atoms. The zero-order valence-electron chi connectivity index (χ0n) is 14.3. The van der Waals surface area contributed by atoms with Gasteiger partial charge < -0.3 is 20.5 Å². The van der Waals surface area contributed by atoms with Gasteiger partial charge in [-0.25, -0.2) is 0 Å². The standard InChI is InChI=1S/C19H24N2O3/c1-13(18(20)14-7-5-4-6-8-14)19(22)21-12-15-11-16(23-2)9-10-17(15)24-3/h4-11,13,18H,12,20H2,1-3H3,(H,21,22). The summed E-state index contributed by atoms with van der Waals surface area (Å²) in [6.07, 6.45) is 0. The molecular weight excluding hydrogens is 304 g/mol. The van der Waals surface area contributed by atoms with Crippen LogP contribution in [-0.4, -0.2) is 20.1 Å². The van der Waals surface area contributed by atoms with Gasteiger partial charge in [0, 0.05) is 18.2 Å². The van der Waals surface area contributed by atoms with Crippen LogP contribution in [0.4, 0.5) is 0 Å². The Kier molecular flexibility index (Phi) is 6.21. The van der Waals surface area contributed by atoms with Crippen molar-refractivity contribution in [1.82, 2.24) is 5.32 Å². The van der Waals surface area contributed by atoms with Crippen LogP contribution in [0.25, 0.3) is 0 Å². The summed E-state index contributed by atoms with van der Waals surface area (Å²) in [5.41, 5.74) is 8.00. The molecule has 0 bridgehead atoms. The van der Waals surface area contributed by atoms with E-state index in [0.717, 1.165) is 11.1 Å². The Balaban J connectivity index is 2.02. The SMILES string of the molecule is COc1ccc(OC)c(CNC(=O)C(C)C(N)c2ccccc2)c1. The summed E-state index contributed by atoms with van der Waals surface area (Å²) >= 11 is 0. The highest BCUT2D eigenvalue weighted by atomic mass is 16.5. The maximum atomic E-state index is 12.4. The molecule has 0 saturated heterocycles. The average Bonchev–Trinajstić information content (AvgIpc) is 2.65. The molecule has 5 heteroatoms. The number of hydrogen-bond donors (Lipinski definition) is 2. The van der Waals surface area contributed by atoms with Crippen LogP contribution in [0.2, 0.25) is 0 Å². The maximum absolute atomic E-state index is 12.4. The minimum atomic E-state index is -0.349. The van der Waals surface area contributed by atoms with Crippen LogP contribution in [0.3, 0.4) is 0 Å². The predicted octanol–water partition coefficient (Wildman–Crippen LogP) is 2.66. The Hall–Kier alpha value is -2.53. The minimum absolute atomic E-state index is 0.101. The van der Waals surface area contributed by atoms with Crippen LogP contribution in [-0.2, 0) is 11.3 Å². The van der Waals surface area contributed by atoms with Gasteiger partial charge in [0.2, 0.25) is 5.91 Å². The molecule has 5 nitrogen and oxygen atoms in total. The Morgan fingerprint density at radius 1 is 1.12 bits per heavy atom. The van der Waals surface area contributed by atoms with Gasteiger partial charge in [-0.3, -0.25) is 4.79 Å². The third-order valence-electron chi connectivity index (χ3n) is 4.08. The van der Waals surface area contributed by atoms with Gasteiger partial charge in [0.05, 0.1) is 20.1 Å². The van der Waals surface area contributed by atoms with Crippen molar-refractivity contribution in [2.75, 3.05) is 14.2 Å². The summed E-state index contributed by atoms with van der Waals surface area (Å²) in [5, 5.41) is 2.92. The van der Waals surface area contributed by atoms with Crippen LogP contribution in [0, 0.1) is 5.92 Å². The summed E-state index contributed by atoms with van der Waals surface area (Å²) in [6.45, 7) is 2.18. The van der Waals surface area contributed by atoms with E-state index < -0.39 is 0 Å². The molecule has 3 N–H and O–H groups in total.